The summed E-state index contributed by atoms with van der Waals surface area (Å²) in [7, 11) is 0. The first-order chi connectivity index (χ1) is 14.2. The summed E-state index contributed by atoms with van der Waals surface area (Å²) in [5.41, 5.74) is 7.74. The molecule has 3 N–H and O–H groups in total. The van der Waals surface area contributed by atoms with Gasteiger partial charge in [0.15, 0.2) is 12.4 Å². The number of carbonyl (C=O) groups is 3. The van der Waals surface area contributed by atoms with E-state index < -0.39 is 5.97 Å². The molecule has 1 aliphatic rings. The summed E-state index contributed by atoms with van der Waals surface area (Å²) in [5, 5.41) is 7.51. The second-order valence-corrected chi connectivity index (χ2v) is 7.22. The maximum absolute atomic E-state index is 12.6. The van der Waals surface area contributed by atoms with E-state index >= 15 is 0 Å². The van der Waals surface area contributed by atoms with Gasteiger partial charge in [0.05, 0.1) is 12.6 Å². The fourth-order valence-corrected chi connectivity index (χ4v) is 3.12. The molecule has 1 amide bonds. The zero-order valence-electron chi connectivity index (χ0n) is 16.8. The molecule has 0 saturated carbocycles. The van der Waals surface area contributed by atoms with Crippen LogP contribution in [0.2, 0.25) is 0 Å². The van der Waals surface area contributed by atoms with Crippen molar-refractivity contribution in [1.82, 2.24) is 4.90 Å². The molecule has 8 nitrogen and oxygen atoms in total. The number of rotatable bonds is 8. The summed E-state index contributed by atoms with van der Waals surface area (Å²) < 4.78 is 10.3. The van der Waals surface area contributed by atoms with E-state index in [9.17, 15) is 14.4 Å². The van der Waals surface area contributed by atoms with Gasteiger partial charge in [0.25, 0.3) is 5.91 Å². The zero-order valence-corrected chi connectivity index (χ0v) is 16.8. The van der Waals surface area contributed by atoms with Crippen LogP contribution < -0.4 is 10.5 Å². The Bertz CT molecular complexity index is 998. The van der Waals surface area contributed by atoms with Crippen LogP contribution in [0.15, 0.2) is 42.5 Å². The summed E-state index contributed by atoms with van der Waals surface area (Å²) in [6, 6.07) is 11.3. The largest absolute Gasteiger partial charge is 0.482 e. The van der Waals surface area contributed by atoms with Crippen LogP contribution in [-0.2, 0) is 16.1 Å². The van der Waals surface area contributed by atoms with Crippen molar-refractivity contribution < 1.29 is 23.9 Å². The zero-order chi connectivity index (χ0) is 21.8. The maximum Gasteiger partial charge on any atom is 0.344 e. The first kappa shape index (κ1) is 21.0. The van der Waals surface area contributed by atoms with Crippen molar-refractivity contribution >= 4 is 23.5 Å². The van der Waals surface area contributed by atoms with Gasteiger partial charge in [-0.25, -0.2) is 4.79 Å². The van der Waals surface area contributed by atoms with Crippen LogP contribution in [0.3, 0.4) is 0 Å². The maximum atomic E-state index is 12.6. The number of amidine groups is 1. The van der Waals surface area contributed by atoms with Crippen molar-refractivity contribution in [1.29, 1.82) is 5.41 Å². The predicted octanol–water partition coefficient (Wildman–Crippen LogP) is 2.14. The third kappa shape index (κ3) is 4.83. The van der Waals surface area contributed by atoms with Gasteiger partial charge in [0.1, 0.15) is 11.6 Å². The summed E-state index contributed by atoms with van der Waals surface area (Å²) in [4.78, 5) is 38.1. The highest BCUT2D eigenvalue weighted by molar-refractivity contribution is 6.05. The highest BCUT2D eigenvalue weighted by Gasteiger charge is 2.29. The molecule has 3 rings (SSSR count). The standard InChI is InChI=1S/C22H23N3O5/c1-13(2)30-20(27)12-29-17-6-3-14(4-7-17)19(26)11-25-10-16-9-15(21(23)24)5-8-18(16)22(25)28/h3-9,13H,10-12H2,1-2H3,(H3,23,24). The van der Waals surface area contributed by atoms with Gasteiger partial charge < -0.3 is 20.1 Å². The van der Waals surface area contributed by atoms with Gasteiger partial charge >= 0.3 is 5.97 Å². The van der Waals surface area contributed by atoms with E-state index in [1.54, 1.807) is 56.3 Å². The number of nitrogens with one attached hydrogen (secondary N) is 1. The van der Waals surface area contributed by atoms with Gasteiger partial charge in [-0.3, -0.25) is 15.0 Å². The number of amides is 1. The van der Waals surface area contributed by atoms with E-state index in [2.05, 4.69) is 0 Å². The molecule has 1 heterocycles. The van der Waals surface area contributed by atoms with Crippen LogP contribution in [-0.4, -0.2) is 47.7 Å². The van der Waals surface area contributed by atoms with E-state index in [4.69, 9.17) is 20.6 Å². The third-order valence-electron chi connectivity index (χ3n) is 4.53. The Morgan fingerprint density at radius 3 is 2.43 bits per heavy atom. The number of hydrogen-bond donors (Lipinski definition) is 2. The number of ketones is 1. The number of nitrogen functional groups attached to an aromatic ring is 1. The minimum Gasteiger partial charge on any atom is -0.482 e. The minimum atomic E-state index is -0.467. The van der Waals surface area contributed by atoms with Crippen molar-refractivity contribution in [2.45, 2.75) is 26.5 Å². The molecule has 0 saturated heterocycles. The average molecular weight is 409 g/mol. The monoisotopic (exact) mass is 409 g/mol. The Morgan fingerprint density at radius 1 is 1.13 bits per heavy atom. The SMILES string of the molecule is CC(C)OC(=O)COc1ccc(C(=O)CN2Cc3cc(C(=N)N)ccc3C2=O)cc1. The number of fused-ring (bicyclic) bond motifs is 1. The lowest BCUT2D eigenvalue weighted by molar-refractivity contribution is -0.149. The number of esters is 1. The molecule has 156 valence electrons. The molecule has 0 unspecified atom stereocenters. The Labute approximate surface area is 174 Å². The van der Waals surface area contributed by atoms with Crippen LogP contribution in [0.25, 0.3) is 0 Å². The average Bonchev–Trinajstić information content (AvgIpc) is 3.01. The molecule has 0 fully saturated rings. The summed E-state index contributed by atoms with van der Waals surface area (Å²) in [5.74, 6) is -0.538. The number of nitrogens with two attached hydrogens (primary N) is 1. The number of hydrogen-bond acceptors (Lipinski definition) is 6. The number of Topliss-reactive ketones (excluding diaryl/α,β-unsaturated/α-hetero) is 1. The summed E-state index contributed by atoms with van der Waals surface area (Å²) in [6.07, 6.45) is -0.213. The fraction of sp³-hybridized carbons (Fsp3) is 0.273. The van der Waals surface area contributed by atoms with Crippen LogP contribution in [0.4, 0.5) is 0 Å². The lowest BCUT2D eigenvalue weighted by Gasteiger charge is -2.14. The van der Waals surface area contributed by atoms with Crippen molar-refractivity contribution in [2.75, 3.05) is 13.2 Å². The molecule has 0 radical (unpaired) electrons. The molecule has 0 aromatic heterocycles. The van der Waals surface area contributed by atoms with Crippen molar-refractivity contribution in [2.24, 2.45) is 5.73 Å². The van der Waals surface area contributed by atoms with Gasteiger partial charge in [-0.2, -0.15) is 0 Å². The molecule has 1 aliphatic heterocycles. The molecule has 0 spiro atoms. The van der Waals surface area contributed by atoms with E-state index in [0.717, 1.165) is 5.56 Å². The summed E-state index contributed by atoms with van der Waals surface area (Å²) >= 11 is 0. The number of nitrogens with zero attached hydrogens (tertiary/aromatic N) is 1. The Balaban J connectivity index is 1.59. The quantitative estimate of drug-likeness (QED) is 0.298. The minimum absolute atomic E-state index is 0.0656. The Kier molecular flexibility index (Phi) is 6.15. The van der Waals surface area contributed by atoms with E-state index in [1.165, 1.54) is 4.90 Å². The molecule has 0 atom stereocenters. The molecule has 0 aliphatic carbocycles. The van der Waals surface area contributed by atoms with Crippen LogP contribution in [0.5, 0.6) is 5.75 Å². The lowest BCUT2D eigenvalue weighted by atomic mass is 10.1. The van der Waals surface area contributed by atoms with Crippen LogP contribution >= 0.6 is 0 Å². The number of benzene rings is 2. The van der Waals surface area contributed by atoms with Gasteiger partial charge in [-0.05, 0) is 55.8 Å². The Hall–Kier alpha value is -3.68. The molecule has 0 bridgehead atoms. The van der Waals surface area contributed by atoms with Crippen molar-refractivity contribution in [3.63, 3.8) is 0 Å². The Morgan fingerprint density at radius 2 is 1.80 bits per heavy atom. The summed E-state index contributed by atoms with van der Waals surface area (Å²) in [6.45, 7) is 3.52. The first-order valence-corrected chi connectivity index (χ1v) is 9.46. The fourth-order valence-electron chi connectivity index (χ4n) is 3.12. The van der Waals surface area contributed by atoms with Gasteiger partial charge in [-0.15, -0.1) is 0 Å². The second-order valence-electron chi connectivity index (χ2n) is 7.22. The van der Waals surface area contributed by atoms with Crippen LogP contribution in [0.1, 0.15) is 45.7 Å². The van der Waals surface area contributed by atoms with Gasteiger partial charge in [0.2, 0.25) is 0 Å². The predicted molar refractivity (Wildman–Crippen MR) is 110 cm³/mol. The van der Waals surface area contributed by atoms with E-state index in [0.29, 0.717) is 29.0 Å². The third-order valence-corrected chi connectivity index (χ3v) is 4.53. The normalized spacial score (nSPS) is 12.6. The lowest BCUT2D eigenvalue weighted by Crippen LogP contribution is -2.30. The highest BCUT2D eigenvalue weighted by atomic mass is 16.6. The molecular weight excluding hydrogens is 386 g/mol. The molecular formula is C22H23N3O5. The van der Waals surface area contributed by atoms with Gasteiger partial charge in [-0.1, -0.05) is 6.07 Å². The van der Waals surface area contributed by atoms with E-state index in [-0.39, 0.29) is 36.8 Å². The topological polar surface area (TPSA) is 123 Å². The van der Waals surface area contributed by atoms with Gasteiger partial charge in [0, 0.05) is 23.2 Å². The molecule has 2 aromatic rings. The van der Waals surface area contributed by atoms with Crippen molar-refractivity contribution in [3.05, 3.63) is 64.7 Å². The number of ether oxygens (including phenoxy) is 2. The second kappa shape index (κ2) is 8.77. The smallest absolute Gasteiger partial charge is 0.344 e. The molecule has 30 heavy (non-hydrogen) atoms. The highest BCUT2D eigenvalue weighted by Crippen LogP contribution is 2.24. The van der Waals surface area contributed by atoms with Crippen molar-refractivity contribution in [3.8, 4) is 5.75 Å². The first-order valence-electron chi connectivity index (χ1n) is 9.46. The molecule has 8 heteroatoms. The number of carbonyl (C=O) groups excluding carboxylic acids is 3. The van der Waals surface area contributed by atoms with Crippen LogP contribution in [0, 0.1) is 5.41 Å². The molecule has 2 aromatic carbocycles. The van der Waals surface area contributed by atoms with E-state index in [1.807, 2.05) is 0 Å².